The number of hydrogen-bond donors (Lipinski definition) is 2. The van der Waals surface area contributed by atoms with E-state index in [1.165, 1.54) is 6.20 Å². The molecule has 3 N–H and O–H groups in total. The van der Waals surface area contributed by atoms with Crippen molar-refractivity contribution in [2.24, 2.45) is 0 Å². The molecule has 0 aliphatic carbocycles. The van der Waals surface area contributed by atoms with Gasteiger partial charge in [-0.1, -0.05) is 30.3 Å². The summed E-state index contributed by atoms with van der Waals surface area (Å²) in [5, 5.41) is 21.6. The maximum absolute atomic E-state index is 12.3. The first kappa shape index (κ1) is 21.8. The minimum Gasteiger partial charge on any atom is -0.382 e. The first-order valence-corrected chi connectivity index (χ1v) is 10.6. The van der Waals surface area contributed by atoms with E-state index in [0.717, 1.165) is 5.69 Å². The number of nitrogens with two attached hydrogens (primary N) is 1. The standard InChI is InChI=1S/C24H23N7O2/c25-15-19-20(29-31(24(19)26)17-7-2-1-3-8-17)10-6-13-27-23(33)12-14-30-21-11-5-4-9-18(21)22(32)16-28-30/h1-5,7-9,11,16H,6,10,12-14,26H2,(H,27,33). The number of nitriles is 1. The smallest absolute Gasteiger partial charge is 0.221 e. The zero-order chi connectivity index (χ0) is 23.2. The molecule has 2 heterocycles. The van der Waals surface area contributed by atoms with Crippen molar-refractivity contribution in [3.05, 3.63) is 82.3 Å². The molecule has 0 atom stereocenters. The normalized spacial score (nSPS) is 10.8. The number of fused-ring (bicyclic) bond motifs is 1. The minimum absolute atomic E-state index is 0.116. The van der Waals surface area contributed by atoms with E-state index in [1.54, 1.807) is 21.5 Å². The van der Waals surface area contributed by atoms with E-state index in [1.807, 2.05) is 42.5 Å². The van der Waals surface area contributed by atoms with Crippen LogP contribution in [0.2, 0.25) is 0 Å². The van der Waals surface area contributed by atoms with E-state index in [9.17, 15) is 14.9 Å². The number of carbonyl (C=O) groups is 1. The lowest BCUT2D eigenvalue weighted by molar-refractivity contribution is -0.121. The van der Waals surface area contributed by atoms with E-state index in [4.69, 9.17) is 5.73 Å². The number of carbonyl (C=O) groups excluding carboxylic acids is 1. The maximum Gasteiger partial charge on any atom is 0.221 e. The molecular formula is C24H23N7O2. The number of para-hydroxylation sites is 2. The van der Waals surface area contributed by atoms with Crippen LogP contribution in [0.5, 0.6) is 0 Å². The SMILES string of the molecule is N#Cc1c(CCCNC(=O)CCn2ncc(=O)c3ccccc32)nn(-c2ccccc2)c1N. The summed E-state index contributed by atoms with van der Waals surface area (Å²) in [6.45, 7) is 0.809. The average Bonchev–Trinajstić information content (AvgIpc) is 3.17. The monoisotopic (exact) mass is 441 g/mol. The van der Waals surface area contributed by atoms with Gasteiger partial charge in [-0.15, -0.1) is 0 Å². The van der Waals surface area contributed by atoms with Crippen molar-refractivity contribution in [2.45, 2.75) is 25.8 Å². The molecule has 0 saturated carbocycles. The Kier molecular flexibility index (Phi) is 6.45. The van der Waals surface area contributed by atoms with Crippen LogP contribution in [-0.2, 0) is 17.8 Å². The molecule has 0 radical (unpaired) electrons. The second-order valence-electron chi connectivity index (χ2n) is 7.52. The third-order valence-electron chi connectivity index (χ3n) is 5.33. The predicted molar refractivity (Wildman–Crippen MR) is 125 cm³/mol. The van der Waals surface area contributed by atoms with Gasteiger partial charge in [0.1, 0.15) is 17.5 Å². The minimum atomic E-state index is -0.140. The summed E-state index contributed by atoms with van der Waals surface area (Å²) in [4.78, 5) is 24.2. The van der Waals surface area contributed by atoms with Crippen LogP contribution in [0.3, 0.4) is 0 Å². The molecule has 166 valence electrons. The molecule has 9 nitrogen and oxygen atoms in total. The zero-order valence-electron chi connectivity index (χ0n) is 17.9. The lowest BCUT2D eigenvalue weighted by Crippen LogP contribution is -2.26. The van der Waals surface area contributed by atoms with E-state index >= 15 is 0 Å². The third kappa shape index (κ3) is 4.75. The van der Waals surface area contributed by atoms with Gasteiger partial charge < -0.3 is 11.1 Å². The van der Waals surface area contributed by atoms with Gasteiger partial charge in [0, 0.05) is 18.4 Å². The molecule has 0 bridgehead atoms. The van der Waals surface area contributed by atoms with Gasteiger partial charge in [0.2, 0.25) is 11.3 Å². The topological polar surface area (TPSA) is 132 Å². The van der Waals surface area contributed by atoms with Gasteiger partial charge in [-0.05, 0) is 37.1 Å². The fourth-order valence-electron chi connectivity index (χ4n) is 3.66. The second kappa shape index (κ2) is 9.78. The summed E-state index contributed by atoms with van der Waals surface area (Å²) >= 11 is 0. The fraction of sp³-hybridized carbons (Fsp3) is 0.208. The van der Waals surface area contributed by atoms with Crippen LogP contribution in [0.1, 0.15) is 24.1 Å². The summed E-state index contributed by atoms with van der Waals surface area (Å²) in [7, 11) is 0. The van der Waals surface area contributed by atoms with Crippen molar-refractivity contribution in [3.8, 4) is 11.8 Å². The lowest BCUT2D eigenvalue weighted by Gasteiger charge is -2.09. The van der Waals surface area contributed by atoms with E-state index in [2.05, 4.69) is 21.6 Å². The van der Waals surface area contributed by atoms with Crippen LogP contribution >= 0.6 is 0 Å². The molecule has 0 fully saturated rings. The van der Waals surface area contributed by atoms with Crippen molar-refractivity contribution in [1.29, 1.82) is 5.26 Å². The van der Waals surface area contributed by atoms with Crippen molar-refractivity contribution >= 4 is 22.6 Å². The lowest BCUT2D eigenvalue weighted by atomic mass is 10.1. The summed E-state index contributed by atoms with van der Waals surface area (Å²) in [6.07, 6.45) is 2.64. The van der Waals surface area contributed by atoms with Crippen molar-refractivity contribution in [2.75, 3.05) is 12.3 Å². The van der Waals surface area contributed by atoms with Crippen LogP contribution in [0.4, 0.5) is 5.82 Å². The molecule has 0 unspecified atom stereocenters. The van der Waals surface area contributed by atoms with Gasteiger partial charge in [-0.25, -0.2) is 4.68 Å². The third-order valence-corrected chi connectivity index (χ3v) is 5.33. The number of benzene rings is 2. The molecular weight excluding hydrogens is 418 g/mol. The van der Waals surface area contributed by atoms with Crippen LogP contribution in [-0.4, -0.2) is 32.0 Å². The first-order chi connectivity index (χ1) is 16.1. The molecule has 4 rings (SSSR count). The van der Waals surface area contributed by atoms with E-state index in [-0.39, 0.29) is 17.8 Å². The Hall–Kier alpha value is -4.45. The zero-order valence-corrected chi connectivity index (χ0v) is 17.9. The van der Waals surface area contributed by atoms with Crippen LogP contribution in [0.25, 0.3) is 16.6 Å². The highest BCUT2D eigenvalue weighted by molar-refractivity contribution is 5.79. The quantitative estimate of drug-likeness (QED) is 0.403. The highest BCUT2D eigenvalue weighted by Crippen LogP contribution is 2.21. The van der Waals surface area contributed by atoms with Crippen molar-refractivity contribution in [3.63, 3.8) is 0 Å². The molecule has 2 aromatic heterocycles. The van der Waals surface area contributed by atoms with Gasteiger partial charge in [0.05, 0.1) is 29.6 Å². The first-order valence-electron chi connectivity index (χ1n) is 10.6. The Morgan fingerprint density at radius 3 is 2.67 bits per heavy atom. The summed E-state index contributed by atoms with van der Waals surface area (Å²) in [6, 6.07) is 18.7. The molecule has 0 aliphatic heterocycles. The molecule has 1 amide bonds. The number of rotatable bonds is 8. The van der Waals surface area contributed by atoms with Gasteiger partial charge in [-0.2, -0.15) is 15.5 Å². The molecule has 33 heavy (non-hydrogen) atoms. The molecule has 2 aromatic carbocycles. The largest absolute Gasteiger partial charge is 0.382 e. The van der Waals surface area contributed by atoms with Crippen molar-refractivity contribution in [1.82, 2.24) is 24.9 Å². The number of hydrogen-bond acceptors (Lipinski definition) is 6. The van der Waals surface area contributed by atoms with E-state index < -0.39 is 0 Å². The Bertz CT molecular complexity index is 1380. The predicted octanol–water partition coefficient (Wildman–Crippen LogP) is 2.18. The number of nitrogens with one attached hydrogen (secondary N) is 1. The number of anilines is 1. The number of aryl methyl sites for hydroxylation is 2. The van der Waals surface area contributed by atoms with Crippen LogP contribution in [0.15, 0.2) is 65.6 Å². The molecule has 9 heteroatoms. The Labute approximate surface area is 190 Å². The highest BCUT2D eigenvalue weighted by Gasteiger charge is 2.16. The fourth-order valence-corrected chi connectivity index (χ4v) is 3.66. The number of aromatic nitrogens is 4. The molecule has 0 aliphatic rings. The van der Waals surface area contributed by atoms with Gasteiger partial charge in [0.15, 0.2) is 0 Å². The molecule has 0 saturated heterocycles. The number of nitrogens with zero attached hydrogens (tertiary/aromatic N) is 5. The number of amides is 1. The van der Waals surface area contributed by atoms with Gasteiger partial charge >= 0.3 is 0 Å². The Morgan fingerprint density at radius 1 is 1.12 bits per heavy atom. The van der Waals surface area contributed by atoms with Crippen LogP contribution in [0, 0.1) is 11.3 Å². The van der Waals surface area contributed by atoms with E-state index in [0.29, 0.717) is 53.9 Å². The maximum atomic E-state index is 12.3. The van der Waals surface area contributed by atoms with Crippen LogP contribution < -0.4 is 16.5 Å². The summed E-state index contributed by atoms with van der Waals surface area (Å²) in [5.74, 6) is 0.193. The second-order valence-corrected chi connectivity index (χ2v) is 7.52. The summed E-state index contributed by atoms with van der Waals surface area (Å²) < 4.78 is 3.22. The Morgan fingerprint density at radius 2 is 1.88 bits per heavy atom. The average molecular weight is 441 g/mol. The molecule has 0 spiro atoms. The molecule has 4 aromatic rings. The summed E-state index contributed by atoms with van der Waals surface area (Å²) in [5.41, 5.74) is 8.44. The highest BCUT2D eigenvalue weighted by atomic mass is 16.1. The Balaban J connectivity index is 1.31. The van der Waals surface area contributed by atoms with Crippen molar-refractivity contribution < 1.29 is 4.79 Å². The van der Waals surface area contributed by atoms with Gasteiger partial charge in [0.25, 0.3) is 0 Å². The number of nitrogen functional groups attached to an aromatic ring is 1. The van der Waals surface area contributed by atoms with Gasteiger partial charge in [-0.3, -0.25) is 14.3 Å².